The van der Waals surface area contributed by atoms with Crippen LogP contribution in [-0.2, 0) is 4.79 Å². The summed E-state index contributed by atoms with van der Waals surface area (Å²) in [5.41, 5.74) is 0. The maximum atomic E-state index is 11.0. The van der Waals surface area contributed by atoms with Gasteiger partial charge in [-0.05, 0) is 19.4 Å². The van der Waals surface area contributed by atoms with Crippen molar-refractivity contribution in [2.75, 3.05) is 20.1 Å². The Kier molecular flexibility index (Phi) is 3.72. The number of hydrogen-bond donors (Lipinski definition) is 1. The Morgan fingerprint density at radius 3 is 2.77 bits per heavy atom. The van der Waals surface area contributed by atoms with Crippen LogP contribution in [0, 0.1) is 5.92 Å². The molecule has 0 aromatic carbocycles. The fourth-order valence-corrected chi connectivity index (χ4v) is 2.14. The average molecular weight is 184 g/mol. The zero-order valence-corrected chi connectivity index (χ0v) is 8.84. The number of carbonyl (C=O) groups excluding carboxylic acids is 1. The van der Waals surface area contributed by atoms with E-state index in [4.69, 9.17) is 0 Å². The Labute approximate surface area is 80.5 Å². The van der Waals surface area contributed by atoms with Gasteiger partial charge in [0.1, 0.15) is 0 Å². The van der Waals surface area contributed by atoms with Crippen molar-refractivity contribution < 1.29 is 4.79 Å². The summed E-state index contributed by atoms with van der Waals surface area (Å²) in [6.45, 7) is 6.20. The first-order valence-electron chi connectivity index (χ1n) is 5.23. The molecular weight excluding hydrogens is 164 g/mol. The minimum atomic E-state index is 0.238. The van der Waals surface area contributed by atoms with Crippen molar-refractivity contribution in [2.45, 2.75) is 32.7 Å². The number of piperidine rings is 1. The van der Waals surface area contributed by atoms with E-state index in [2.05, 4.69) is 17.3 Å². The van der Waals surface area contributed by atoms with E-state index >= 15 is 0 Å². The fourth-order valence-electron chi connectivity index (χ4n) is 2.14. The molecule has 2 aliphatic heterocycles. The van der Waals surface area contributed by atoms with E-state index in [1.165, 1.54) is 0 Å². The highest BCUT2D eigenvalue weighted by Crippen LogP contribution is 2.23. The second-order valence-electron chi connectivity index (χ2n) is 3.69. The normalized spacial score (nSPS) is 33.0. The van der Waals surface area contributed by atoms with Crippen LogP contribution in [0.5, 0.6) is 0 Å². The smallest absolute Gasteiger partial charge is 0.220 e. The van der Waals surface area contributed by atoms with Crippen molar-refractivity contribution in [1.82, 2.24) is 10.2 Å². The fraction of sp³-hybridized carbons (Fsp3) is 0.900. The number of hydrogen-bond acceptors (Lipinski definition) is 2. The quantitative estimate of drug-likeness (QED) is 0.605. The molecule has 2 atom stereocenters. The van der Waals surface area contributed by atoms with E-state index in [0.29, 0.717) is 6.04 Å². The number of likely N-dealkylation sites (N-methyl/N-ethyl adjacent to an activating group) is 1. The summed E-state index contributed by atoms with van der Waals surface area (Å²) in [6, 6.07) is 0.446. The Balaban J connectivity index is 0.000000396. The van der Waals surface area contributed by atoms with Gasteiger partial charge in [0.2, 0.25) is 5.91 Å². The summed E-state index contributed by atoms with van der Waals surface area (Å²) in [6.07, 6.45) is 1.82. The molecular formula is C10H20N2O. The van der Waals surface area contributed by atoms with Crippen LogP contribution in [0.15, 0.2) is 0 Å². The van der Waals surface area contributed by atoms with Crippen LogP contribution in [0.4, 0.5) is 0 Å². The first kappa shape index (κ1) is 10.5. The van der Waals surface area contributed by atoms with Gasteiger partial charge in [0.05, 0.1) is 0 Å². The van der Waals surface area contributed by atoms with Gasteiger partial charge < -0.3 is 10.2 Å². The first-order chi connectivity index (χ1) is 6.25. The van der Waals surface area contributed by atoms with Crippen molar-refractivity contribution in [3.63, 3.8) is 0 Å². The molecule has 0 aromatic rings. The van der Waals surface area contributed by atoms with Gasteiger partial charge in [-0.3, -0.25) is 4.79 Å². The number of carbonyl (C=O) groups is 1. The van der Waals surface area contributed by atoms with E-state index in [1.807, 2.05) is 13.8 Å². The lowest BCUT2D eigenvalue weighted by molar-refractivity contribution is -0.123. The third-order valence-electron chi connectivity index (χ3n) is 2.71. The molecule has 0 bridgehead atoms. The molecule has 2 fully saturated rings. The molecule has 3 nitrogen and oxygen atoms in total. The minimum absolute atomic E-state index is 0.238. The van der Waals surface area contributed by atoms with Crippen molar-refractivity contribution in [3.05, 3.63) is 0 Å². The van der Waals surface area contributed by atoms with Gasteiger partial charge in [-0.1, -0.05) is 13.8 Å². The highest BCUT2D eigenvalue weighted by Gasteiger charge is 2.34. The maximum Gasteiger partial charge on any atom is 0.220 e. The summed E-state index contributed by atoms with van der Waals surface area (Å²) >= 11 is 0. The van der Waals surface area contributed by atoms with E-state index in [9.17, 15) is 4.79 Å². The monoisotopic (exact) mass is 184 g/mol. The van der Waals surface area contributed by atoms with Crippen LogP contribution in [0.25, 0.3) is 0 Å². The van der Waals surface area contributed by atoms with Gasteiger partial charge in [0, 0.05) is 25.6 Å². The zero-order valence-electron chi connectivity index (χ0n) is 8.84. The molecule has 0 spiro atoms. The summed E-state index contributed by atoms with van der Waals surface area (Å²) in [7, 11) is 2.12. The van der Waals surface area contributed by atoms with Crippen LogP contribution < -0.4 is 5.32 Å². The summed E-state index contributed by atoms with van der Waals surface area (Å²) in [5.74, 6) is 0.958. The molecule has 2 heterocycles. The average Bonchev–Trinajstić information content (AvgIpc) is 2.48. The Bertz CT molecular complexity index is 182. The molecule has 0 radical (unpaired) electrons. The predicted molar refractivity (Wildman–Crippen MR) is 53.5 cm³/mol. The van der Waals surface area contributed by atoms with E-state index in [0.717, 1.165) is 31.8 Å². The Hall–Kier alpha value is -0.570. The third-order valence-corrected chi connectivity index (χ3v) is 2.71. The van der Waals surface area contributed by atoms with Crippen molar-refractivity contribution in [1.29, 1.82) is 0 Å². The van der Waals surface area contributed by atoms with Crippen LogP contribution >= 0.6 is 0 Å². The molecule has 0 aromatic heterocycles. The van der Waals surface area contributed by atoms with Crippen molar-refractivity contribution in [2.24, 2.45) is 5.92 Å². The van der Waals surface area contributed by atoms with Crippen LogP contribution in [0.2, 0.25) is 0 Å². The third kappa shape index (κ3) is 2.44. The Morgan fingerprint density at radius 2 is 2.08 bits per heavy atom. The van der Waals surface area contributed by atoms with Crippen molar-refractivity contribution >= 4 is 5.91 Å². The van der Waals surface area contributed by atoms with Crippen LogP contribution in [0.1, 0.15) is 26.7 Å². The topological polar surface area (TPSA) is 32.3 Å². The molecule has 2 rings (SSSR count). The second-order valence-corrected chi connectivity index (χ2v) is 3.69. The van der Waals surface area contributed by atoms with Gasteiger partial charge in [-0.2, -0.15) is 0 Å². The maximum absolute atomic E-state index is 11.0. The standard InChI is InChI=1S/C8H14N2O.C2H6/c1-10-4-6-2-3-8(11)9-7(6)5-10;1-2/h6-7H,2-5H2,1H3,(H,9,11);1-2H3. The molecule has 76 valence electrons. The number of amides is 1. The lowest BCUT2D eigenvalue weighted by Gasteiger charge is -2.24. The van der Waals surface area contributed by atoms with Crippen LogP contribution in [-0.4, -0.2) is 37.0 Å². The summed E-state index contributed by atoms with van der Waals surface area (Å²) in [5, 5.41) is 3.03. The molecule has 2 saturated heterocycles. The molecule has 2 aliphatic rings. The van der Waals surface area contributed by atoms with Crippen LogP contribution in [0.3, 0.4) is 0 Å². The minimum Gasteiger partial charge on any atom is -0.352 e. The molecule has 0 saturated carbocycles. The summed E-state index contributed by atoms with van der Waals surface area (Å²) < 4.78 is 0. The number of fused-ring (bicyclic) bond motifs is 1. The van der Waals surface area contributed by atoms with Crippen molar-refractivity contribution in [3.8, 4) is 0 Å². The van der Waals surface area contributed by atoms with Gasteiger partial charge >= 0.3 is 0 Å². The van der Waals surface area contributed by atoms with Gasteiger partial charge in [-0.15, -0.1) is 0 Å². The van der Waals surface area contributed by atoms with E-state index < -0.39 is 0 Å². The molecule has 13 heavy (non-hydrogen) atoms. The zero-order chi connectivity index (χ0) is 9.84. The second kappa shape index (κ2) is 4.61. The van der Waals surface area contributed by atoms with E-state index in [-0.39, 0.29) is 5.91 Å². The molecule has 0 aliphatic carbocycles. The molecule has 3 heteroatoms. The number of likely N-dealkylation sites (tertiary alicyclic amines) is 1. The van der Waals surface area contributed by atoms with Gasteiger partial charge in [0.15, 0.2) is 0 Å². The molecule has 1 N–H and O–H groups in total. The first-order valence-corrected chi connectivity index (χ1v) is 5.23. The molecule has 1 amide bonds. The van der Waals surface area contributed by atoms with Gasteiger partial charge in [-0.25, -0.2) is 0 Å². The SMILES string of the molecule is CC.CN1CC2CCC(=O)NC2C1. The van der Waals surface area contributed by atoms with Gasteiger partial charge in [0.25, 0.3) is 0 Å². The lowest BCUT2D eigenvalue weighted by Crippen LogP contribution is -2.44. The largest absolute Gasteiger partial charge is 0.352 e. The summed E-state index contributed by atoms with van der Waals surface area (Å²) in [4.78, 5) is 13.3. The lowest BCUT2D eigenvalue weighted by atomic mass is 9.94. The number of nitrogens with one attached hydrogen (secondary N) is 1. The highest BCUT2D eigenvalue weighted by atomic mass is 16.1. The predicted octanol–water partition coefficient (Wildman–Crippen LogP) is 0.853. The molecule has 2 unspecified atom stereocenters. The van der Waals surface area contributed by atoms with E-state index in [1.54, 1.807) is 0 Å². The number of nitrogens with zero attached hydrogens (tertiary/aromatic N) is 1. The Morgan fingerprint density at radius 1 is 1.38 bits per heavy atom. The highest BCUT2D eigenvalue weighted by molar-refractivity contribution is 5.77. The number of rotatable bonds is 0.